The van der Waals surface area contributed by atoms with Crippen molar-refractivity contribution in [3.63, 3.8) is 0 Å². The number of halogens is 2. The number of benzene rings is 1. The molecule has 4 rings (SSSR count). The number of guanidine groups is 1. The van der Waals surface area contributed by atoms with Crippen molar-refractivity contribution in [2.75, 3.05) is 31.6 Å². The summed E-state index contributed by atoms with van der Waals surface area (Å²) in [4.78, 5) is 6.76. The Hall–Kier alpha value is -1.84. The molecule has 0 radical (unpaired) electrons. The van der Waals surface area contributed by atoms with Crippen molar-refractivity contribution in [3.05, 3.63) is 48.0 Å². The molecule has 158 valence electrons. The molecule has 0 amide bonds. The maximum absolute atomic E-state index is 14.2. The highest BCUT2D eigenvalue weighted by Crippen LogP contribution is 2.48. The van der Waals surface area contributed by atoms with Crippen molar-refractivity contribution in [3.8, 4) is 0 Å². The third-order valence-corrected chi connectivity index (χ3v) is 5.94. The molecule has 1 aromatic carbocycles. The van der Waals surface area contributed by atoms with Gasteiger partial charge in [0, 0.05) is 51.4 Å². The van der Waals surface area contributed by atoms with E-state index in [0.717, 1.165) is 56.0 Å². The van der Waals surface area contributed by atoms with Crippen LogP contribution in [0.1, 0.15) is 31.2 Å². The Balaban J connectivity index is 0.00000240. The number of hydrogen-bond acceptors (Lipinski definition) is 3. The monoisotopic (exact) mass is 512 g/mol. The average Bonchev–Trinajstić information content (AvgIpc) is 3.37. The lowest BCUT2D eigenvalue weighted by atomic mass is 9.95. The summed E-state index contributed by atoms with van der Waals surface area (Å²) in [5.41, 5.74) is 1.88. The summed E-state index contributed by atoms with van der Waals surface area (Å²) >= 11 is 0. The van der Waals surface area contributed by atoms with Crippen LogP contribution in [0.4, 0.5) is 10.1 Å². The quantitative estimate of drug-likeness (QED) is 0.368. The Labute approximate surface area is 189 Å². The van der Waals surface area contributed by atoms with Crippen LogP contribution in [0.15, 0.2) is 41.7 Å². The van der Waals surface area contributed by atoms with E-state index in [4.69, 9.17) is 0 Å². The van der Waals surface area contributed by atoms with Crippen LogP contribution in [0.2, 0.25) is 0 Å². The largest absolute Gasteiger partial charge is 0.367 e. The predicted octanol–water partition coefficient (Wildman–Crippen LogP) is 3.04. The Morgan fingerprint density at radius 2 is 2.14 bits per heavy atom. The molecule has 0 spiro atoms. The molecule has 29 heavy (non-hydrogen) atoms. The summed E-state index contributed by atoms with van der Waals surface area (Å²) in [5, 5.41) is 11.3. The van der Waals surface area contributed by atoms with Gasteiger partial charge in [-0.05, 0) is 37.3 Å². The molecule has 2 aliphatic rings. The summed E-state index contributed by atoms with van der Waals surface area (Å²) in [7, 11) is 3.73. The summed E-state index contributed by atoms with van der Waals surface area (Å²) in [6.07, 6.45) is 8.23. The fraction of sp³-hybridized carbons (Fsp3) is 0.524. The standard InChI is InChI=1S/C21H29FN6.HI/c1-23-20(24-15-21(9-10-21)18-7-3-4-8-19(18)22)26-16-6-5-11-28(13-16)17-12-25-27(2)14-17;/h3-4,7-8,12,14,16H,5-6,9-11,13,15H2,1-2H3,(H2,23,24,26);1H. The summed E-state index contributed by atoms with van der Waals surface area (Å²) in [6.45, 7) is 2.67. The molecule has 2 heterocycles. The predicted molar refractivity (Wildman–Crippen MR) is 126 cm³/mol. The van der Waals surface area contributed by atoms with Gasteiger partial charge in [-0.2, -0.15) is 5.10 Å². The molecule has 8 heteroatoms. The molecule has 1 unspecified atom stereocenters. The van der Waals surface area contributed by atoms with Crippen LogP contribution in [0, 0.1) is 5.82 Å². The molecule has 1 atom stereocenters. The van der Waals surface area contributed by atoms with E-state index in [-0.39, 0.29) is 35.2 Å². The van der Waals surface area contributed by atoms with E-state index in [2.05, 4.69) is 31.8 Å². The Morgan fingerprint density at radius 3 is 2.79 bits per heavy atom. The first-order valence-corrected chi connectivity index (χ1v) is 10.1. The maximum atomic E-state index is 14.2. The van der Waals surface area contributed by atoms with Gasteiger partial charge in [-0.3, -0.25) is 9.67 Å². The molecule has 2 aromatic rings. The van der Waals surface area contributed by atoms with E-state index in [9.17, 15) is 4.39 Å². The fourth-order valence-electron chi connectivity index (χ4n) is 4.13. The second-order valence-corrected chi connectivity index (χ2v) is 7.99. The molecule has 1 aliphatic heterocycles. The van der Waals surface area contributed by atoms with Crippen LogP contribution in [0.3, 0.4) is 0 Å². The van der Waals surface area contributed by atoms with Gasteiger partial charge >= 0.3 is 0 Å². The van der Waals surface area contributed by atoms with Gasteiger partial charge < -0.3 is 15.5 Å². The van der Waals surface area contributed by atoms with E-state index in [0.29, 0.717) is 12.6 Å². The SMILES string of the molecule is CN=C(NCC1(c2ccccc2F)CC1)NC1CCCN(c2cnn(C)c2)C1.I. The number of aliphatic imine (C=N–C) groups is 1. The molecule has 0 bridgehead atoms. The van der Waals surface area contributed by atoms with Crippen molar-refractivity contribution >= 4 is 35.6 Å². The minimum absolute atomic E-state index is 0. The number of rotatable bonds is 5. The molecular weight excluding hydrogens is 482 g/mol. The number of hydrogen-bond donors (Lipinski definition) is 2. The lowest BCUT2D eigenvalue weighted by Crippen LogP contribution is -2.52. The number of nitrogens with zero attached hydrogens (tertiary/aromatic N) is 4. The third kappa shape index (κ3) is 5.02. The highest BCUT2D eigenvalue weighted by molar-refractivity contribution is 14.0. The molecular formula is C21H30FIN6. The summed E-state index contributed by atoms with van der Waals surface area (Å²) < 4.78 is 16.1. The molecule has 1 saturated carbocycles. The van der Waals surface area contributed by atoms with Gasteiger partial charge in [-0.1, -0.05) is 18.2 Å². The molecule has 2 fully saturated rings. The van der Waals surface area contributed by atoms with Crippen LogP contribution in [0.25, 0.3) is 0 Å². The second-order valence-electron chi connectivity index (χ2n) is 7.99. The van der Waals surface area contributed by atoms with Gasteiger partial charge in [0.25, 0.3) is 0 Å². The van der Waals surface area contributed by atoms with E-state index < -0.39 is 0 Å². The van der Waals surface area contributed by atoms with Gasteiger partial charge in [0.15, 0.2) is 5.96 Å². The van der Waals surface area contributed by atoms with Crippen LogP contribution in [-0.4, -0.2) is 48.5 Å². The van der Waals surface area contributed by atoms with E-state index >= 15 is 0 Å². The Bertz CT molecular complexity index is 847. The Morgan fingerprint density at radius 1 is 1.34 bits per heavy atom. The lowest BCUT2D eigenvalue weighted by molar-refractivity contribution is 0.466. The topological polar surface area (TPSA) is 57.5 Å². The molecule has 2 N–H and O–H groups in total. The Kier molecular flexibility index (Phi) is 7.02. The van der Waals surface area contributed by atoms with Gasteiger partial charge in [0.1, 0.15) is 5.82 Å². The summed E-state index contributed by atoms with van der Waals surface area (Å²) in [5.74, 6) is 0.685. The van der Waals surface area contributed by atoms with Gasteiger partial charge in [0.2, 0.25) is 0 Å². The number of anilines is 1. The first-order valence-electron chi connectivity index (χ1n) is 10.1. The van der Waals surface area contributed by atoms with Crippen molar-refractivity contribution in [2.24, 2.45) is 12.0 Å². The smallest absolute Gasteiger partial charge is 0.191 e. The fourth-order valence-corrected chi connectivity index (χ4v) is 4.13. The van der Waals surface area contributed by atoms with E-state index in [1.165, 1.54) is 0 Å². The normalized spacial score (nSPS) is 20.7. The van der Waals surface area contributed by atoms with Crippen molar-refractivity contribution in [2.45, 2.75) is 37.1 Å². The minimum Gasteiger partial charge on any atom is -0.367 e. The van der Waals surface area contributed by atoms with Gasteiger partial charge in [0.05, 0.1) is 11.9 Å². The summed E-state index contributed by atoms with van der Waals surface area (Å²) in [6, 6.07) is 7.45. The third-order valence-electron chi connectivity index (χ3n) is 5.94. The maximum Gasteiger partial charge on any atom is 0.191 e. The number of piperidine rings is 1. The van der Waals surface area contributed by atoms with Crippen molar-refractivity contribution in [1.82, 2.24) is 20.4 Å². The first kappa shape index (κ1) is 21.9. The van der Waals surface area contributed by atoms with Crippen LogP contribution in [-0.2, 0) is 12.5 Å². The minimum atomic E-state index is -0.107. The van der Waals surface area contributed by atoms with Crippen molar-refractivity contribution in [1.29, 1.82) is 0 Å². The van der Waals surface area contributed by atoms with Crippen LogP contribution in [0.5, 0.6) is 0 Å². The van der Waals surface area contributed by atoms with Crippen molar-refractivity contribution < 1.29 is 4.39 Å². The molecule has 1 aromatic heterocycles. The molecule has 1 aliphatic carbocycles. The highest BCUT2D eigenvalue weighted by atomic mass is 127. The second kappa shape index (κ2) is 9.32. The van der Waals surface area contributed by atoms with Gasteiger partial charge in [-0.25, -0.2) is 4.39 Å². The van der Waals surface area contributed by atoms with E-state index in [1.807, 2.05) is 30.1 Å². The number of aromatic nitrogens is 2. The molecule has 1 saturated heterocycles. The zero-order valence-electron chi connectivity index (χ0n) is 17.1. The van der Waals surface area contributed by atoms with Crippen LogP contribution >= 0.6 is 24.0 Å². The zero-order chi connectivity index (χ0) is 19.6. The highest BCUT2D eigenvalue weighted by Gasteiger charge is 2.45. The number of nitrogens with one attached hydrogen (secondary N) is 2. The van der Waals surface area contributed by atoms with Crippen LogP contribution < -0.4 is 15.5 Å². The number of aryl methyl sites for hydroxylation is 1. The van der Waals surface area contributed by atoms with Gasteiger partial charge in [-0.15, -0.1) is 24.0 Å². The average molecular weight is 512 g/mol. The zero-order valence-corrected chi connectivity index (χ0v) is 19.4. The lowest BCUT2D eigenvalue weighted by Gasteiger charge is -2.34. The first-order chi connectivity index (χ1) is 13.6. The molecule has 6 nitrogen and oxygen atoms in total. The van der Waals surface area contributed by atoms with E-state index in [1.54, 1.807) is 19.2 Å².